The Balaban J connectivity index is 2.25. The van der Waals surface area contributed by atoms with E-state index in [0.717, 1.165) is 18.5 Å². The zero-order valence-corrected chi connectivity index (χ0v) is 10.2. The summed E-state index contributed by atoms with van der Waals surface area (Å²) in [6, 6.07) is 11.6. The van der Waals surface area contributed by atoms with Gasteiger partial charge in [0, 0.05) is 11.9 Å². The van der Waals surface area contributed by atoms with Crippen LogP contribution < -0.4 is 5.32 Å². The molecule has 1 aromatic heterocycles. The van der Waals surface area contributed by atoms with E-state index in [2.05, 4.69) is 28.3 Å². The lowest BCUT2D eigenvalue weighted by atomic mass is 10.1. The summed E-state index contributed by atoms with van der Waals surface area (Å²) in [6.45, 7) is 2.14. The number of hydrogen-bond donors (Lipinski definition) is 1. The number of para-hydroxylation sites is 1. The van der Waals surface area contributed by atoms with Gasteiger partial charge in [0.1, 0.15) is 11.8 Å². The second-order valence-electron chi connectivity index (χ2n) is 3.91. The highest BCUT2D eigenvalue weighted by Gasteiger charge is 2.03. The third-order valence-electron chi connectivity index (χ3n) is 2.55. The number of aryl methyl sites for hydroxylation is 1. The van der Waals surface area contributed by atoms with Crippen LogP contribution in [0.15, 0.2) is 36.5 Å². The van der Waals surface area contributed by atoms with Crippen LogP contribution in [0.2, 0.25) is 0 Å². The summed E-state index contributed by atoms with van der Waals surface area (Å²) in [7, 11) is 0. The molecule has 0 spiro atoms. The second kappa shape index (κ2) is 5.78. The van der Waals surface area contributed by atoms with Gasteiger partial charge in [0.25, 0.3) is 0 Å². The van der Waals surface area contributed by atoms with E-state index in [1.54, 1.807) is 12.3 Å². The molecule has 4 nitrogen and oxygen atoms in total. The summed E-state index contributed by atoms with van der Waals surface area (Å²) in [4.78, 5) is 8.21. The first-order chi connectivity index (χ1) is 8.83. The summed E-state index contributed by atoms with van der Waals surface area (Å²) in [5.74, 6) is 0.456. The van der Waals surface area contributed by atoms with Crippen molar-refractivity contribution < 1.29 is 0 Å². The van der Waals surface area contributed by atoms with Crippen molar-refractivity contribution in [3.63, 3.8) is 0 Å². The lowest BCUT2D eigenvalue weighted by molar-refractivity contribution is 0.922. The molecule has 2 rings (SSSR count). The van der Waals surface area contributed by atoms with Crippen LogP contribution in [0.25, 0.3) is 0 Å². The molecular weight excluding hydrogens is 224 g/mol. The van der Waals surface area contributed by atoms with Crippen molar-refractivity contribution in [2.45, 2.75) is 19.8 Å². The molecule has 1 aromatic carbocycles. The third-order valence-corrected chi connectivity index (χ3v) is 2.55. The number of hydrogen-bond acceptors (Lipinski definition) is 4. The molecule has 0 unspecified atom stereocenters. The van der Waals surface area contributed by atoms with Crippen LogP contribution in [0.4, 0.5) is 11.6 Å². The van der Waals surface area contributed by atoms with Crippen molar-refractivity contribution in [3.05, 3.63) is 47.8 Å². The molecule has 0 radical (unpaired) electrons. The van der Waals surface area contributed by atoms with Crippen LogP contribution >= 0.6 is 0 Å². The fourth-order valence-electron chi connectivity index (χ4n) is 1.73. The maximum absolute atomic E-state index is 8.80. The van der Waals surface area contributed by atoms with Gasteiger partial charge in [-0.1, -0.05) is 31.5 Å². The Kier molecular flexibility index (Phi) is 3.87. The van der Waals surface area contributed by atoms with Gasteiger partial charge in [-0.05, 0) is 24.1 Å². The van der Waals surface area contributed by atoms with E-state index in [1.807, 2.05) is 24.3 Å². The standard InChI is InChI=1S/C14H14N4/c1-2-5-11-6-3-4-7-13(11)18-14-16-9-8-12(10-15)17-14/h3-4,6-9H,2,5H2,1H3,(H,16,17,18). The Hall–Kier alpha value is -2.41. The van der Waals surface area contributed by atoms with Crippen molar-refractivity contribution in [1.29, 1.82) is 5.26 Å². The van der Waals surface area contributed by atoms with Crippen LogP contribution in [0.5, 0.6) is 0 Å². The van der Waals surface area contributed by atoms with Gasteiger partial charge >= 0.3 is 0 Å². The minimum atomic E-state index is 0.362. The summed E-state index contributed by atoms with van der Waals surface area (Å²) >= 11 is 0. The average molecular weight is 238 g/mol. The van der Waals surface area contributed by atoms with Crippen molar-refractivity contribution in [1.82, 2.24) is 9.97 Å². The molecule has 90 valence electrons. The third kappa shape index (κ3) is 2.83. The molecule has 0 bridgehead atoms. The fraction of sp³-hybridized carbons (Fsp3) is 0.214. The van der Waals surface area contributed by atoms with E-state index in [0.29, 0.717) is 11.6 Å². The van der Waals surface area contributed by atoms with Crippen molar-refractivity contribution in [3.8, 4) is 6.07 Å². The number of nitrogens with zero attached hydrogens (tertiary/aromatic N) is 3. The zero-order chi connectivity index (χ0) is 12.8. The van der Waals surface area contributed by atoms with Crippen LogP contribution in [-0.4, -0.2) is 9.97 Å². The quantitative estimate of drug-likeness (QED) is 0.889. The van der Waals surface area contributed by atoms with Crippen molar-refractivity contribution in [2.24, 2.45) is 0 Å². The van der Waals surface area contributed by atoms with E-state index in [1.165, 1.54) is 5.56 Å². The molecule has 1 N–H and O–H groups in total. The van der Waals surface area contributed by atoms with E-state index in [9.17, 15) is 0 Å². The van der Waals surface area contributed by atoms with Gasteiger partial charge in [-0.3, -0.25) is 0 Å². The lowest BCUT2D eigenvalue weighted by Gasteiger charge is -2.09. The second-order valence-corrected chi connectivity index (χ2v) is 3.91. The molecular formula is C14H14N4. The van der Waals surface area contributed by atoms with Gasteiger partial charge in [-0.15, -0.1) is 0 Å². The molecule has 0 aliphatic heterocycles. The molecule has 0 saturated heterocycles. The van der Waals surface area contributed by atoms with Gasteiger partial charge < -0.3 is 5.32 Å². The fourth-order valence-corrected chi connectivity index (χ4v) is 1.73. The van der Waals surface area contributed by atoms with E-state index in [4.69, 9.17) is 5.26 Å². The first kappa shape index (κ1) is 12.1. The molecule has 4 heteroatoms. The average Bonchev–Trinajstić information content (AvgIpc) is 2.41. The van der Waals surface area contributed by atoms with Gasteiger partial charge in [0.15, 0.2) is 0 Å². The van der Waals surface area contributed by atoms with Crippen LogP contribution in [0.1, 0.15) is 24.6 Å². The SMILES string of the molecule is CCCc1ccccc1Nc1nccc(C#N)n1. The number of aromatic nitrogens is 2. The number of benzene rings is 1. The first-order valence-corrected chi connectivity index (χ1v) is 5.91. The van der Waals surface area contributed by atoms with Gasteiger partial charge in [0.05, 0.1) is 0 Å². The molecule has 0 aliphatic rings. The highest BCUT2D eigenvalue weighted by Crippen LogP contribution is 2.19. The van der Waals surface area contributed by atoms with E-state index < -0.39 is 0 Å². The number of nitrogens with one attached hydrogen (secondary N) is 1. The summed E-state index contributed by atoms with van der Waals surface area (Å²) in [6.07, 6.45) is 3.66. The number of rotatable bonds is 4. The predicted octanol–water partition coefficient (Wildman–Crippen LogP) is 3.04. The molecule has 0 fully saturated rings. The summed E-state index contributed by atoms with van der Waals surface area (Å²) < 4.78 is 0. The highest BCUT2D eigenvalue weighted by atomic mass is 15.1. The smallest absolute Gasteiger partial charge is 0.228 e. The molecule has 2 aromatic rings. The first-order valence-electron chi connectivity index (χ1n) is 5.91. The largest absolute Gasteiger partial charge is 0.324 e. The van der Waals surface area contributed by atoms with Crippen molar-refractivity contribution in [2.75, 3.05) is 5.32 Å². The maximum Gasteiger partial charge on any atom is 0.228 e. The number of nitriles is 1. The minimum Gasteiger partial charge on any atom is -0.324 e. The highest BCUT2D eigenvalue weighted by molar-refractivity contribution is 5.58. The van der Waals surface area contributed by atoms with Gasteiger partial charge in [-0.25, -0.2) is 9.97 Å². The Labute approximate surface area is 106 Å². The molecule has 0 aliphatic carbocycles. The topological polar surface area (TPSA) is 61.6 Å². The summed E-state index contributed by atoms with van der Waals surface area (Å²) in [5, 5.41) is 12.0. The van der Waals surface area contributed by atoms with E-state index in [-0.39, 0.29) is 0 Å². The Morgan fingerprint density at radius 3 is 2.89 bits per heavy atom. The van der Waals surface area contributed by atoms with Crippen molar-refractivity contribution >= 4 is 11.6 Å². The summed E-state index contributed by atoms with van der Waals surface area (Å²) in [5.41, 5.74) is 2.58. The van der Waals surface area contributed by atoms with Crippen LogP contribution in [-0.2, 0) is 6.42 Å². The molecule has 0 saturated carbocycles. The molecule has 1 heterocycles. The maximum atomic E-state index is 8.80. The number of anilines is 2. The Morgan fingerprint density at radius 1 is 1.28 bits per heavy atom. The molecule has 0 amide bonds. The Bertz CT molecular complexity index is 572. The lowest BCUT2D eigenvalue weighted by Crippen LogP contribution is -2.00. The van der Waals surface area contributed by atoms with Gasteiger partial charge in [-0.2, -0.15) is 5.26 Å². The molecule has 0 atom stereocenters. The van der Waals surface area contributed by atoms with Gasteiger partial charge in [0.2, 0.25) is 5.95 Å². The Morgan fingerprint density at radius 2 is 2.11 bits per heavy atom. The molecule has 18 heavy (non-hydrogen) atoms. The normalized spacial score (nSPS) is 9.78. The monoisotopic (exact) mass is 238 g/mol. The minimum absolute atomic E-state index is 0.362. The zero-order valence-electron chi connectivity index (χ0n) is 10.2. The predicted molar refractivity (Wildman–Crippen MR) is 70.5 cm³/mol. The van der Waals surface area contributed by atoms with Crippen LogP contribution in [0, 0.1) is 11.3 Å². The van der Waals surface area contributed by atoms with Crippen LogP contribution in [0.3, 0.4) is 0 Å². The van der Waals surface area contributed by atoms with E-state index >= 15 is 0 Å².